The highest BCUT2D eigenvalue weighted by Crippen LogP contribution is 2.38. The maximum Gasteiger partial charge on any atom is 0.407 e. The number of aromatic nitrogens is 1. The number of rotatable bonds is 2. The smallest absolute Gasteiger partial charge is 0.407 e. The molecule has 1 saturated heterocycles. The molecular formula is C22H28BrN3O2. The summed E-state index contributed by atoms with van der Waals surface area (Å²) in [6.45, 7) is 7.40. The second-order valence-corrected chi connectivity index (χ2v) is 9.75. The van der Waals surface area contributed by atoms with Gasteiger partial charge in [0.05, 0.1) is 17.2 Å². The Morgan fingerprint density at radius 1 is 1.29 bits per heavy atom. The Kier molecular flexibility index (Phi) is 5.25. The first-order chi connectivity index (χ1) is 13.3. The molecule has 0 spiro atoms. The summed E-state index contributed by atoms with van der Waals surface area (Å²) in [5.74, 6) is 0. The topological polar surface area (TPSA) is 54.5 Å². The molecule has 1 aromatic carbocycles. The Bertz CT molecular complexity index is 907. The van der Waals surface area contributed by atoms with Gasteiger partial charge in [-0.2, -0.15) is 0 Å². The average molecular weight is 446 g/mol. The number of pyridine rings is 1. The van der Waals surface area contributed by atoms with Crippen molar-refractivity contribution in [1.82, 2.24) is 10.3 Å². The molecule has 5 nitrogen and oxygen atoms in total. The van der Waals surface area contributed by atoms with Crippen LogP contribution in [0.2, 0.25) is 0 Å². The van der Waals surface area contributed by atoms with E-state index in [1.807, 2.05) is 20.8 Å². The van der Waals surface area contributed by atoms with E-state index in [1.54, 1.807) is 0 Å². The zero-order chi connectivity index (χ0) is 19.9. The molecule has 2 heterocycles. The van der Waals surface area contributed by atoms with Crippen molar-refractivity contribution >= 4 is 38.6 Å². The van der Waals surface area contributed by atoms with Crippen LogP contribution in [0.1, 0.15) is 51.3 Å². The van der Waals surface area contributed by atoms with Gasteiger partial charge in [-0.05, 0) is 76.6 Å². The number of benzene rings is 1. The van der Waals surface area contributed by atoms with Crippen LogP contribution in [0, 0.1) is 0 Å². The number of aryl methyl sites for hydroxylation is 1. The number of carbonyl (C=O) groups excluding carboxylic acids is 1. The van der Waals surface area contributed by atoms with Crippen molar-refractivity contribution in [3.8, 4) is 0 Å². The number of nitrogens with one attached hydrogen (secondary N) is 1. The summed E-state index contributed by atoms with van der Waals surface area (Å²) in [6, 6.07) is 6.45. The largest absolute Gasteiger partial charge is 0.444 e. The fourth-order valence-electron chi connectivity index (χ4n) is 4.29. The lowest BCUT2D eigenvalue weighted by Gasteiger charge is -2.28. The summed E-state index contributed by atoms with van der Waals surface area (Å²) >= 11 is 3.62. The predicted octanol–water partition coefficient (Wildman–Crippen LogP) is 4.98. The van der Waals surface area contributed by atoms with Crippen molar-refractivity contribution in [3.05, 3.63) is 33.9 Å². The van der Waals surface area contributed by atoms with Crippen molar-refractivity contribution in [2.75, 3.05) is 18.0 Å². The lowest BCUT2D eigenvalue weighted by atomic mass is 9.92. The SMILES string of the molecule is CC(C)(C)OC(=O)N[C@H]1CCN(c2c3c(nc4ccc(Br)cc24)CCCC3)C1. The minimum atomic E-state index is -0.477. The van der Waals surface area contributed by atoms with Crippen molar-refractivity contribution in [2.45, 2.75) is 64.5 Å². The van der Waals surface area contributed by atoms with Gasteiger partial charge in [-0.1, -0.05) is 15.9 Å². The summed E-state index contributed by atoms with van der Waals surface area (Å²) in [7, 11) is 0. The number of carbonyl (C=O) groups is 1. The third-order valence-electron chi connectivity index (χ3n) is 5.42. The maximum absolute atomic E-state index is 12.2. The summed E-state index contributed by atoms with van der Waals surface area (Å²) in [5, 5.41) is 4.25. The Hall–Kier alpha value is -1.82. The molecule has 1 aromatic heterocycles. The fourth-order valence-corrected chi connectivity index (χ4v) is 4.65. The summed E-state index contributed by atoms with van der Waals surface area (Å²) < 4.78 is 6.50. The maximum atomic E-state index is 12.2. The number of hydrogen-bond donors (Lipinski definition) is 1. The molecule has 0 unspecified atom stereocenters. The second-order valence-electron chi connectivity index (χ2n) is 8.83. The molecule has 4 rings (SSSR count). The van der Waals surface area contributed by atoms with Gasteiger partial charge in [-0.25, -0.2) is 4.79 Å². The predicted molar refractivity (Wildman–Crippen MR) is 116 cm³/mol. The molecule has 0 radical (unpaired) electrons. The number of alkyl carbamates (subject to hydrolysis) is 1. The van der Waals surface area contributed by atoms with Crippen molar-refractivity contribution in [1.29, 1.82) is 0 Å². The third kappa shape index (κ3) is 4.12. The van der Waals surface area contributed by atoms with Crippen LogP contribution in [-0.2, 0) is 17.6 Å². The number of fused-ring (bicyclic) bond motifs is 2. The van der Waals surface area contributed by atoms with Gasteiger partial charge in [0.15, 0.2) is 0 Å². The zero-order valence-corrected chi connectivity index (χ0v) is 18.4. The zero-order valence-electron chi connectivity index (χ0n) is 16.8. The number of ether oxygens (including phenoxy) is 1. The van der Waals surface area contributed by atoms with E-state index in [1.165, 1.54) is 35.2 Å². The summed E-state index contributed by atoms with van der Waals surface area (Å²) in [6.07, 6.45) is 5.16. The van der Waals surface area contributed by atoms with E-state index >= 15 is 0 Å². The van der Waals surface area contributed by atoms with Crippen LogP contribution in [0.3, 0.4) is 0 Å². The van der Waals surface area contributed by atoms with Crippen LogP contribution in [-0.4, -0.2) is 35.8 Å². The molecule has 28 heavy (non-hydrogen) atoms. The highest BCUT2D eigenvalue weighted by atomic mass is 79.9. The number of anilines is 1. The van der Waals surface area contributed by atoms with Gasteiger partial charge in [0.2, 0.25) is 0 Å². The van der Waals surface area contributed by atoms with Crippen molar-refractivity contribution in [2.24, 2.45) is 0 Å². The van der Waals surface area contributed by atoms with Crippen LogP contribution >= 0.6 is 15.9 Å². The highest BCUT2D eigenvalue weighted by molar-refractivity contribution is 9.10. The van der Waals surface area contributed by atoms with Crippen LogP contribution < -0.4 is 10.2 Å². The molecule has 0 bridgehead atoms. The van der Waals surface area contributed by atoms with Gasteiger partial charge in [-0.3, -0.25) is 4.98 Å². The number of nitrogens with zero attached hydrogens (tertiary/aromatic N) is 2. The average Bonchev–Trinajstić information content (AvgIpc) is 3.05. The molecule has 1 aliphatic carbocycles. The molecule has 1 atom stereocenters. The lowest BCUT2D eigenvalue weighted by molar-refractivity contribution is 0.0509. The molecule has 1 aliphatic heterocycles. The van der Waals surface area contributed by atoms with Crippen LogP contribution in [0.25, 0.3) is 10.9 Å². The van der Waals surface area contributed by atoms with E-state index in [9.17, 15) is 4.79 Å². The van der Waals surface area contributed by atoms with Gasteiger partial charge in [0, 0.05) is 28.6 Å². The second kappa shape index (κ2) is 7.54. The highest BCUT2D eigenvalue weighted by Gasteiger charge is 2.30. The first-order valence-electron chi connectivity index (χ1n) is 10.2. The Morgan fingerprint density at radius 3 is 2.86 bits per heavy atom. The van der Waals surface area contributed by atoms with E-state index in [-0.39, 0.29) is 12.1 Å². The van der Waals surface area contributed by atoms with Crippen LogP contribution in [0.5, 0.6) is 0 Å². The standard InChI is InChI=1S/C22H28BrN3O2/c1-22(2,3)28-21(27)24-15-10-11-26(13-15)20-16-6-4-5-7-18(16)25-19-9-8-14(23)12-17(19)20/h8-9,12,15H,4-7,10-11,13H2,1-3H3,(H,24,27)/t15-/m0/s1. The third-order valence-corrected chi connectivity index (χ3v) is 5.91. The van der Waals surface area contributed by atoms with E-state index in [4.69, 9.17) is 9.72 Å². The fraction of sp³-hybridized carbons (Fsp3) is 0.545. The summed E-state index contributed by atoms with van der Waals surface area (Å²) in [5.41, 5.74) is 4.54. The number of amides is 1. The molecular weight excluding hydrogens is 418 g/mol. The number of halogens is 1. The van der Waals surface area contributed by atoms with Crippen LogP contribution in [0.15, 0.2) is 22.7 Å². The quantitative estimate of drug-likeness (QED) is 0.707. The normalized spacial score (nSPS) is 19.6. The molecule has 2 aromatic rings. The van der Waals surface area contributed by atoms with Crippen molar-refractivity contribution in [3.63, 3.8) is 0 Å². The van der Waals surface area contributed by atoms with Gasteiger partial charge < -0.3 is 15.0 Å². The summed E-state index contributed by atoms with van der Waals surface area (Å²) in [4.78, 5) is 19.6. The molecule has 150 valence electrons. The van der Waals surface area contributed by atoms with Gasteiger partial charge in [-0.15, -0.1) is 0 Å². The first kappa shape index (κ1) is 19.5. The Morgan fingerprint density at radius 2 is 2.07 bits per heavy atom. The minimum Gasteiger partial charge on any atom is -0.444 e. The monoisotopic (exact) mass is 445 g/mol. The van der Waals surface area contributed by atoms with Crippen LogP contribution in [0.4, 0.5) is 10.5 Å². The Balaban J connectivity index is 1.62. The molecule has 1 amide bonds. The molecule has 1 fully saturated rings. The van der Waals surface area contributed by atoms with E-state index in [0.29, 0.717) is 0 Å². The van der Waals surface area contributed by atoms with Crippen molar-refractivity contribution < 1.29 is 9.53 Å². The molecule has 0 saturated carbocycles. The van der Waals surface area contributed by atoms with E-state index in [0.717, 1.165) is 42.3 Å². The van der Waals surface area contributed by atoms with E-state index in [2.05, 4.69) is 44.3 Å². The van der Waals surface area contributed by atoms with E-state index < -0.39 is 5.60 Å². The first-order valence-corrected chi connectivity index (χ1v) is 10.9. The Labute approximate surface area is 175 Å². The van der Waals surface area contributed by atoms with Gasteiger partial charge >= 0.3 is 6.09 Å². The number of hydrogen-bond acceptors (Lipinski definition) is 4. The molecule has 2 aliphatic rings. The van der Waals surface area contributed by atoms with Gasteiger partial charge in [0.1, 0.15) is 5.60 Å². The minimum absolute atomic E-state index is 0.101. The molecule has 6 heteroatoms. The lowest BCUT2D eigenvalue weighted by Crippen LogP contribution is -2.40. The van der Waals surface area contributed by atoms with Gasteiger partial charge in [0.25, 0.3) is 0 Å². The molecule has 1 N–H and O–H groups in total.